The summed E-state index contributed by atoms with van der Waals surface area (Å²) in [5.41, 5.74) is 2.79. The normalized spacial score (nSPS) is 20.4. The molecule has 0 spiro atoms. The number of hydrogen-bond acceptors (Lipinski definition) is 3. The Kier molecular flexibility index (Phi) is 7.23. The van der Waals surface area contributed by atoms with Gasteiger partial charge >= 0.3 is 6.92 Å². The predicted octanol–water partition coefficient (Wildman–Crippen LogP) is 9.51. The molecule has 2 nitrogen and oxygen atoms in total. The van der Waals surface area contributed by atoms with Crippen molar-refractivity contribution in [2.45, 2.75) is 83.8 Å². The van der Waals surface area contributed by atoms with Crippen LogP contribution < -0.4 is 10.4 Å². The summed E-state index contributed by atoms with van der Waals surface area (Å²) in [7, 11) is 0. The van der Waals surface area contributed by atoms with Gasteiger partial charge < -0.3 is 9.55 Å². The highest BCUT2D eigenvalue weighted by Gasteiger charge is 2.56. The molecule has 2 saturated heterocycles. The Morgan fingerprint density at radius 1 is 0.700 bits per heavy atom. The van der Waals surface area contributed by atoms with E-state index in [-0.39, 0.29) is 28.9 Å². The van der Waals surface area contributed by atoms with Crippen LogP contribution in [0.5, 0.6) is 0 Å². The van der Waals surface area contributed by atoms with E-state index >= 15 is 0 Å². The lowest BCUT2D eigenvalue weighted by Crippen LogP contribution is -2.50. The third kappa shape index (κ3) is 5.00. The molecule has 8 heteroatoms. The van der Waals surface area contributed by atoms with E-state index in [2.05, 4.69) is 67.5 Å². The number of hydrogen-bond donors (Lipinski definition) is 0. The minimum Gasteiger partial charge on any atom is -0.426 e. The first kappa shape index (κ1) is 29.2. The summed E-state index contributed by atoms with van der Waals surface area (Å²) in [6.45, 7) is 17.9. The molecule has 0 aliphatic carbocycles. The van der Waals surface area contributed by atoms with Crippen LogP contribution in [0.25, 0.3) is 0 Å². The molecule has 0 amide bonds. The van der Waals surface area contributed by atoms with Crippen molar-refractivity contribution in [1.82, 2.24) is 0 Å². The Balaban J connectivity index is 1.46. The van der Waals surface area contributed by atoms with E-state index in [1.165, 1.54) is 0 Å². The number of halogens is 3. The lowest BCUT2D eigenvalue weighted by Gasteiger charge is -2.56. The van der Waals surface area contributed by atoms with E-state index in [4.69, 9.17) is 4.65 Å². The second-order valence-corrected chi connectivity index (χ2v) is 15.0. The maximum atomic E-state index is 14.4. The minimum absolute atomic E-state index is 0.0236. The van der Waals surface area contributed by atoms with Crippen LogP contribution in [0, 0.1) is 28.3 Å². The van der Waals surface area contributed by atoms with Crippen LogP contribution in [0.1, 0.15) is 55.4 Å². The molecule has 2 fully saturated rings. The Bertz CT molecular complexity index is 1370. The largest absolute Gasteiger partial charge is 0.426 e. The average Bonchev–Trinajstić information content (AvgIpc) is 3.10. The maximum absolute atomic E-state index is 14.4. The first-order valence-electron chi connectivity index (χ1n) is 14.0. The number of nitrogens with zero attached hydrogens (tertiary/aromatic N) is 1. The van der Waals surface area contributed by atoms with E-state index in [1.54, 1.807) is 4.90 Å². The lowest BCUT2D eigenvalue weighted by atomic mass is 9.27. The summed E-state index contributed by atoms with van der Waals surface area (Å²) in [5, 5.41) is 0.223. The zero-order chi connectivity index (χ0) is 29.3. The van der Waals surface area contributed by atoms with E-state index in [1.807, 2.05) is 48.0 Å². The number of benzene rings is 3. The number of rotatable bonds is 6. The molecule has 3 aromatic rings. The fourth-order valence-electron chi connectivity index (χ4n) is 5.72. The van der Waals surface area contributed by atoms with Gasteiger partial charge in [-0.15, -0.1) is 0 Å². The van der Waals surface area contributed by atoms with Gasteiger partial charge in [-0.3, -0.25) is 0 Å². The quantitative estimate of drug-likeness (QED) is 0.219. The van der Waals surface area contributed by atoms with Crippen LogP contribution in [0.15, 0.2) is 65.6 Å². The maximum Gasteiger partial charge on any atom is 0.327 e. The molecule has 5 rings (SSSR count). The molecule has 210 valence electrons. The third-order valence-electron chi connectivity index (χ3n) is 10.1. The summed E-state index contributed by atoms with van der Waals surface area (Å²) < 4.78 is 49.0. The molecule has 40 heavy (non-hydrogen) atoms. The van der Waals surface area contributed by atoms with E-state index in [0.29, 0.717) is 17.1 Å². The fourth-order valence-corrected chi connectivity index (χ4v) is 7.46. The van der Waals surface area contributed by atoms with Crippen molar-refractivity contribution in [2.24, 2.45) is 10.8 Å². The summed E-state index contributed by atoms with van der Waals surface area (Å²) in [6.07, 6.45) is 2.05. The highest BCUT2D eigenvalue weighted by atomic mass is 32.2. The molecular formula is C32H38B2F3NOS. The zero-order valence-electron chi connectivity index (χ0n) is 24.7. The molecule has 3 aromatic carbocycles. The first-order chi connectivity index (χ1) is 18.5. The van der Waals surface area contributed by atoms with Crippen LogP contribution in [-0.4, -0.2) is 18.5 Å². The van der Waals surface area contributed by atoms with Gasteiger partial charge in [-0.05, 0) is 83.1 Å². The minimum atomic E-state index is -1.47. The Hall–Kier alpha value is -2.31. The third-order valence-corrected chi connectivity index (χ3v) is 11.7. The Morgan fingerprint density at radius 3 is 1.68 bits per heavy atom. The summed E-state index contributed by atoms with van der Waals surface area (Å²) >= 11 is 1.87. The molecule has 0 atom stereocenters. The molecule has 0 N–H and O–H groups in total. The monoisotopic (exact) mass is 563 g/mol. The van der Waals surface area contributed by atoms with E-state index in [9.17, 15) is 13.2 Å². The SMILES string of the molecule is CC1(C)CB(c2ccc(N(c3ccc(SB4CC(C)(C)C4(C)C)cc3)c3cc(F)c(F)c(F)c3)cc2)OC1(C)C. The smallest absolute Gasteiger partial charge is 0.327 e. The number of anilines is 3. The molecule has 2 aliphatic rings. The Labute approximate surface area is 242 Å². The molecule has 0 radical (unpaired) electrons. The van der Waals surface area contributed by atoms with Crippen molar-refractivity contribution >= 4 is 47.0 Å². The van der Waals surface area contributed by atoms with Gasteiger partial charge in [-0.2, -0.15) is 11.6 Å². The second kappa shape index (κ2) is 9.90. The van der Waals surface area contributed by atoms with Gasteiger partial charge in [0.25, 0.3) is 0 Å². The van der Waals surface area contributed by atoms with Crippen LogP contribution in [0.2, 0.25) is 18.0 Å². The molecular weight excluding hydrogens is 525 g/mol. The fraction of sp³-hybridized carbons (Fsp3) is 0.438. The zero-order valence-corrected chi connectivity index (χ0v) is 25.6. The van der Waals surface area contributed by atoms with E-state index in [0.717, 1.165) is 40.8 Å². The molecule has 0 unspecified atom stereocenters. The molecule has 0 aromatic heterocycles. The first-order valence-corrected chi connectivity index (χ1v) is 14.9. The highest BCUT2D eigenvalue weighted by molar-refractivity contribution is 8.26. The predicted molar refractivity (Wildman–Crippen MR) is 164 cm³/mol. The summed E-state index contributed by atoms with van der Waals surface area (Å²) in [4.78, 5) is 2.90. The van der Waals surface area contributed by atoms with Crippen molar-refractivity contribution in [3.8, 4) is 0 Å². The molecule has 2 aliphatic heterocycles. The van der Waals surface area contributed by atoms with Crippen molar-refractivity contribution in [2.75, 3.05) is 4.90 Å². The average molecular weight is 563 g/mol. The van der Waals surface area contributed by atoms with Crippen LogP contribution in [0.3, 0.4) is 0 Å². The van der Waals surface area contributed by atoms with Crippen LogP contribution >= 0.6 is 11.6 Å². The molecule has 0 bridgehead atoms. The van der Waals surface area contributed by atoms with Gasteiger partial charge in [-0.25, -0.2) is 13.2 Å². The summed E-state index contributed by atoms with van der Waals surface area (Å²) in [6, 6.07) is 18.0. The van der Waals surface area contributed by atoms with Crippen molar-refractivity contribution in [3.63, 3.8) is 0 Å². The summed E-state index contributed by atoms with van der Waals surface area (Å²) in [5.74, 6) is -3.39. The van der Waals surface area contributed by atoms with Gasteiger partial charge in [0.1, 0.15) is 0 Å². The van der Waals surface area contributed by atoms with Gasteiger partial charge in [-0.1, -0.05) is 60.0 Å². The van der Waals surface area contributed by atoms with Gasteiger partial charge in [0.15, 0.2) is 17.5 Å². The van der Waals surface area contributed by atoms with Gasteiger partial charge in [0, 0.05) is 23.5 Å². The standard InChI is InChI=1S/C32H38B2F3NOS/c1-29(2)20-34(31(29,5)6)40-25-15-13-23(14-16-25)38(24-17-26(35)28(37)27(36)18-24)22-11-9-21(10-12-22)33-19-30(3,4)32(7,8)39-33/h9-18H,19-20H2,1-8H3. The van der Waals surface area contributed by atoms with Crippen molar-refractivity contribution in [3.05, 3.63) is 78.1 Å². The molecule has 2 heterocycles. The van der Waals surface area contributed by atoms with Gasteiger partial charge in [0.2, 0.25) is 5.99 Å². The van der Waals surface area contributed by atoms with Crippen LogP contribution in [-0.2, 0) is 4.65 Å². The molecule has 0 saturated carbocycles. The lowest BCUT2D eigenvalue weighted by molar-refractivity contribution is 0.0375. The van der Waals surface area contributed by atoms with Crippen molar-refractivity contribution in [1.29, 1.82) is 0 Å². The topological polar surface area (TPSA) is 12.5 Å². The second-order valence-electron chi connectivity index (χ2n) is 13.8. The highest BCUT2D eigenvalue weighted by Crippen LogP contribution is 2.65. The van der Waals surface area contributed by atoms with Crippen LogP contribution in [0.4, 0.5) is 30.2 Å². The van der Waals surface area contributed by atoms with E-state index < -0.39 is 17.5 Å². The Morgan fingerprint density at radius 2 is 1.23 bits per heavy atom. The van der Waals surface area contributed by atoms with Gasteiger partial charge in [0.05, 0.1) is 11.3 Å². The van der Waals surface area contributed by atoms with Crippen molar-refractivity contribution < 1.29 is 17.8 Å².